The van der Waals surface area contributed by atoms with Crippen molar-refractivity contribution < 1.29 is 17.6 Å². The maximum absolute atomic E-state index is 13.7. The summed E-state index contributed by atoms with van der Waals surface area (Å²) in [6.45, 7) is 2.29. The predicted molar refractivity (Wildman–Crippen MR) is 107 cm³/mol. The molecule has 0 aliphatic heterocycles. The van der Waals surface area contributed by atoms with Gasteiger partial charge >= 0.3 is 0 Å². The number of aryl methyl sites for hydroxylation is 1. The van der Waals surface area contributed by atoms with Crippen LogP contribution in [0.2, 0.25) is 0 Å². The van der Waals surface area contributed by atoms with Crippen molar-refractivity contribution in [1.29, 1.82) is 0 Å². The number of nitrogens with one attached hydrogen (secondary N) is 2. The van der Waals surface area contributed by atoms with Gasteiger partial charge in [-0.05, 0) is 37.3 Å². The number of hydrogen-bond acceptors (Lipinski definition) is 5. The number of carbonyl (C=O) groups is 1. The number of thiazole rings is 1. The number of aromatic nitrogens is 1. The molecule has 0 aliphatic carbocycles. The summed E-state index contributed by atoms with van der Waals surface area (Å²) in [5.74, 6) is -1.08. The fourth-order valence-electron chi connectivity index (χ4n) is 2.48. The largest absolute Gasteiger partial charge is 0.352 e. The van der Waals surface area contributed by atoms with Gasteiger partial charge in [0.2, 0.25) is 0 Å². The number of sulfonamides is 1. The van der Waals surface area contributed by atoms with Crippen LogP contribution in [0.3, 0.4) is 0 Å². The standard InChI is InChI=1S/C19H18FN3O3S2/c1-13-22-15(12-27-13)9-10-21-19(24)14-5-4-6-16(11-14)28(25,26)23-18-8-3-2-7-17(18)20/h2-8,11-12,23H,9-10H2,1H3,(H,21,24). The molecular formula is C19H18FN3O3S2. The first kappa shape index (κ1) is 20.0. The number of carbonyl (C=O) groups excluding carboxylic acids is 1. The quantitative estimate of drug-likeness (QED) is 0.615. The number of amides is 1. The van der Waals surface area contributed by atoms with Crippen LogP contribution in [0.25, 0.3) is 0 Å². The third-order valence-corrected chi connectivity index (χ3v) is 6.04. The lowest BCUT2D eigenvalue weighted by molar-refractivity contribution is 0.0954. The Hall–Kier alpha value is -2.78. The molecule has 0 spiro atoms. The summed E-state index contributed by atoms with van der Waals surface area (Å²) >= 11 is 1.54. The van der Waals surface area contributed by atoms with Crippen molar-refractivity contribution in [3.63, 3.8) is 0 Å². The van der Waals surface area contributed by atoms with E-state index in [-0.39, 0.29) is 16.1 Å². The molecule has 0 unspecified atom stereocenters. The lowest BCUT2D eigenvalue weighted by atomic mass is 10.2. The minimum atomic E-state index is -4.03. The van der Waals surface area contributed by atoms with Crippen molar-refractivity contribution in [2.75, 3.05) is 11.3 Å². The molecule has 6 nitrogen and oxygen atoms in total. The molecule has 0 radical (unpaired) electrons. The topological polar surface area (TPSA) is 88.2 Å². The number of nitrogens with zero attached hydrogens (tertiary/aromatic N) is 1. The summed E-state index contributed by atoms with van der Waals surface area (Å²) in [5.41, 5.74) is 0.940. The molecule has 1 heterocycles. The van der Waals surface area contributed by atoms with Crippen molar-refractivity contribution in [3.05, 3.63) is 76.0 Å². The number of anilines is 1. The smallest absolute Gasteiger partial charge is 0.262 e. The van der Waals surface area contributed by atoms with Crippen LogP contribution in [0, 0.1) is 12.7 Å². The van der Waals surface area contributed by atoms with E-state index in [1.807, 2.05) is 12.3 Å². The van der Waals surface area contributed by atoms with Gasteiger partial charge in [-0.1, -0.05) is 18.2 Å². The lowest BCUT2D eigenvalue weighted by Crippen LogP contribution is -2.26. The Morgan fingerprint density at radius 3 is 2.68 bits per heavy atom. The van der Waals surface area contributed by atoms with Crippen LogP contribution in [0.1, 0.15) is 21.1 Å². The fraction of sp³-hybridized carbons (Fsp3) is 0.158. The Morgan fingerprint density at radius 1 is 1.18 bits per heavy atom. The van der Waals surface area contributed by atoms with Crippen molar-refractivity contribution in [1.82, 2.24) is 10.3 Å². The maximum Gasteiger partial charge on any atom is 0.262 e. The molecule has 9 heteroatoms. The molecule has 2 N–H and O–H groups in total. The molecule has 28 heavy (non-hydrogen) atoms. The lowest BCUT2D eigenvalue weighted by Gasteiger charge is -2.10. The highest BCUT2D eigenvalue weighted by Gasteiger charge is 2.18. The molecule has 0 saturated carbocycles. The van der Waals surface area contributed by atoms with E-state index in [0.29, 0.717) is 13.0 Å². The zero-order valence-electron chi connectivity index (χ0n) is 15.0. The molecule has 0 atom stereocenters. The van der Waals surface area contributed by atoms with Crippen molar-refractivity contribution in [2.45, 2.75) is 18.2 Å². The second kappa shape index (κ2) is 8.49. The summed E-state index contributed by atoms with van der Waals surface area (Å²) in [7, 11) is -4.03. The van der Waals surface area contributed by atoms with Gasteiger partial charge in [-0.15, -0.1) is 11.3 Å². The number of rotatable bonds is 7. The Labute approximate surface area is 166 Å². The summed E-state index contributed by atoms with van der Waals surface area (Å²) in [5, 5.41) is 5.64. The molecule has 146 valence electrons. The Balaban J connectivity index is 1.68. The molecular weight excluding hydrogens is 401 g/mol. The Kier molecular flexibility index (Phi) is 6.05. The Morgan fingerprint density at radius 2 is 1.96 bits per heavy atom. The van der Waals surface area contributed by atoms with Crippen LogP contribution < -0.4 is 10.0 Å². The van der Waals surface area contributed by atoms with Crippen molar-refractivity contribution in [2.24, 2.45) is 0 Å². The van der Waals surface area contributed by atoms with Gasteiger partial charge < -0.3 is 5.32 Å². The van der Waals surface area contributed by atoms with E-state index >= 15 is 0 Å². The molecule has 0 fully saturated rings. The zero-order valence-corrected chi connectivity index (χ0v) is 16.6. The van der Waals surface area contributed by atoms with Crippen LogP contribution in [-0.2, 0) is 16.4 Å². The van der Waals surface area contributed by atoms with Gasteiger partial charge in [-0.2, -0.15) is 0 Å². The van der Waals surface area contributed by atoms with E-state index in [9.17, 15) is 17.6 Å². The van der Waals surface area contributed by atoms with Crippen LogP contribution in [0.4, 0.5) is 10.1 Å². The average molecular weight is 420 g/mol. The fourth-order valence-corrected chi connectivity index (χ4v) is 4.24. The molecule has 0 saturated heterocycles. The SMILES string of the molecule is Cc1nc(CCNC(=O)c2cccc(S(=O)(=O)Nc3ccccc3F)c2)cs1. The first-order valence-electron chi connectivity index (χ1n) is 8.42. The van der Waals surface area contributed by atoms with Crippen LogP contribution in [-0.4, -0.2) is 25.9 Å². The van der Waals surface area contributed by atoms with Crippen LogP contribution in [0.15, 0.2) is 58.8 Å². The van der Waals surface area contributed by atoms with E-state index in [4.69, 9.17) is 0 Å². The van der Waals surface area contributed by atoms with E-state index in [2.05, 4.69) is 15.0 Å². The highest BCUT2D eigenvalue weighted by molar-refractivity contribution is 7.92. The molecule has 1 aromatic heterocycles. The van der Waals surface area contributed by atoms with Crippen LogP contribution >= 0.6 is 11.3 Å². The minimum absolute atomic E-state index is 0.126. The van der Waals surface area contributed by atoms with Gasteiger partial charge in [0.05, 0.1) is 21.3 Å². The monoisotopic (exact) mass is 419 g/mol. The molecule has 0 aliphatic rings. The van der Waals surface area contributed by atoms with Crippen molar-refractivity contribution in [3.8, 4) is 0 Å². The average Bonchev–Trinajstić information content (AvgIpc) is 3.08. The van der Waals surface area contributed by atoms with Gasteiger partial charge in [0.25, 0.3) is 15.9 Å². The van der Waals surface area contributed by atoms with Gasteiger partial charge in [0.15, 0.2) is 0 Å². The predicted octanol–water partition coefficient (Wildman–Crippen LogP) is 3.36. The number of halogens is 1. The number of para-hydroxylation sites is 1. The normalized spacial score (nSPS) is 11.2. The first-order valence-corrected chi connectivity index (χ1v) is 10.8. The van der Waals surface area contributed by atoms with Crippen LogP contribution in [0.5, 0.6) is 0 Å². The van der Waals surface area contributed by atoms with E-state index in [1.54, 1.807) is 11.3 Å². The summed E-state index contributed by atoms with van der Waals surface area (Å²) < 4.78 is 40.9. The van der Waals surface area contributed by atoms with E-state index in [0.717, 1.165) is 16.8 Å². The summed E-state index contributed by atoms with van der Waals surface area (Å²) in [6.07, 6.45) is 0.586. The van der Waals surface area contributed by atoms with E-state index < -0.39 is 21.7 Å². The second-order valence-corrected chi connectivity index (χ2v) is 8.72. The van der Waals surface area contributed by atoms with E-state index in [1.165, 1.54) is 42.5 Å². The zero-order chi connectivity index (χ0) is 20.1. The third kappa shape index (κ3) is 4.93. The number of hydrogen-bond donors (Lipinski definition) is 2. The van der Waals surface area contributed by atoms with Gasteiger partial charge in [0.1, 0.15) is 5.82 Å². The first-order chi connectivity index (χ1) is 13.3. The second-order valence-electron chi connectivity index (χ2n) is 5.98. The summed E-state index contributed by atoms with van der Waals surface area (Å²) in [4.78, 5) is 16.5. The summed E-state index contributed by atoms with van der Waals surface area (Å²) in [6, 6.07) is 11.1. The highest BCUT2D eigenvalue weighted by atomic mass is 32.2. The van der Waals surface area contributed by atoms with Gasteiger partial charge in [-0.3, -0.25) is 9.52 Å². The Bertz CT molecular complexity index is 1100. The van der Waals surface area contributed by atoms with Gasteiger partial charge in [0, 0.05) is 23.9 Å². The molecule has 3 aromatic rings. The maximum atomic E-state index is 13.7. The molecule has 3 rings (SSSR count). The molecule has 2 aromatic carbocycles. The van der Waals surface area contributed by atoms with Crippen molar-refractivity contribution >= 4 is 33.0 Å². The molecule has 1 amide bonds. The van der Waals surface area contributed by atoms with Gasteiger partial charge in [-0.25, -0.2) is 17.8 Å². The highest BCUT2D eigenvalue weighted by Crippen LogP contribution is 2.19. The molecule has 0 bridgehead atoms. The third-order valence-electron chi connectivity index (χ3n) is 3.86. The minimum Gasteiger partial charge on any atom is -0.352 e. The number of benzene rings is 2.